The van der Waals surface area contributed by atoms with E-state index >= 15 is 0 Å². The van der Waals surface area contributed by atoms with Crippen molar-refractivity contribution in [3.8, 4) is 0 Å². The van der Waals surface area contributed by atoms with Crippen molar-refractivity contribution in [2.45, 2.75) is 11.7 Å². The topological polar surface area (TPSA) is 70.5 Å². The first-order valence-corrected chi connectivity index (χ1v) is 5.75. The molecule has 1 aromatic heterocycles. The fraction of sp³-hybridized carbons (Fsp3) is 0.300. The van der Waals surface area contributed by atoms with Gasteiger partial charge in [0.05, 0.1) is 5.69 Å². The normalized spacial score (nSPS) is 19.8. The van der Waals surface area contributed by atoms with Gasteiger partial charge in [-0.05, 0) is 0 Å². The van der Waals surface area contributed by atoms with Crippen LogP contribution in [-0.2, 0) is 4.79 Å². The van der Waals surface area contributed by atoms with Crippen LogP contribution in [-0.4, -0.2) is 33.8 Å². The monoisotopic (exact) mass is 272 g/mol. The van der Waals surface area contributed by atoms with Crippen LogP contribution in [0.4, 0.5) is 5.69 Å². The first-order valence-electron chi connectivity index (χ1n) is 4.86. The van der Waals surface area contributed by atoms with Gasteiger partial charge in [-0.2, -0.15) is 12.6 Å². The van der Waals surface area contributed by atoms with Crippen LogP contribution < -0.4 is 4.90 Å². The summed E-state index contributed by atoms with van der Waals surface area (Å²) in [5.74, 6) is -1.30. The molecule has 0 radical (unpaired) electrons. The summed E-state index contributed by atoms with van der Waals surface area (Å²) in [6.07, 6.45) is 1.45. The molecule has 0 aromatic carbocycles. The number of hydrogen-bond acceptors (Lipinski definition) is 4. The minimum Gasteiger partial charge on any atom is -0.478 e. The number of carboxylic acids is 1. The van der Waals surface area contributed by atoms with E-state index in [-0.39, 0.29) is 27.6 Å². The van der Waals surface area contributed by atoms with Crippen LogP contribution in [0.3, 0.4) is 0 Å². The van der Waals surface area contributed by atoms with Crippen molar-refractivity contribution in [2.24, 2.45) is 0 Å². The van der Waals surface area contributed by atoms with Crippen molar-refractivity contribution in [3.05, 3.63) is 23.0 Å². The molecule has 0 spiro atoms. The zero-order chi connectivity index (χ0) is 12.6. The van der Waals surface area contributed by atoms with E-state index in [4.69, 9.17) is 16.7 Å². The number of aromatic carboxylic acids is 1. The number of pyridine rings is 1. The van der Waals surface area contributed by atoms with E-state index in [9.17, 15) is 9.59 Å². The molecule has 1 atom stereocenters. The average molecular weight is 273 g/mol. The van der Waals surface area contributed by atoms with Gasteiger partial charge >= 0.3 is 5.97 Å². The minimum atomic E-state index is -1.14. The third-order valence-electron chi connectivity index (χ3n) is 2.47. The van der Waals surface area contributed by atoms with Gasteiger partial charge in [0.1, 0.15) is 10.7 Å². The molecule has 0 bridgehead atoms. The highest BCUT2D eigenvalue weighted by atomic mass is 35.5. The molecular formula is C10H9ClN2O3S. The number of aromatic nitrogens is 1. The molecule has 1 N–H and O–H groups in total. The van der Waals surface area contributed by atoms with E-state index in [1.165, 1.54) is 11.0 Å². The molecule has 17 heavy (non-hydrogen) atoms. The summed E-state index contributed by atoms with van der Waals surface area (Å²) in [4.78, 5) is 27.8. The molecule has 1 aromatic rings. The Morgan fingerprint density at radius 1 is 1.65 bits per heavy atom. The van der Waals surface area contributed by atoms with E-state index in [0.29, 0.717) is 13.0 Å². The Kier molecular flexibility index (Phi) is 3.26. The van der Waals surface area contributed by atoms with Gasteiger partial charge in [0.2, 0.25) is 5.91 Å². The van der Waals surface area contributed by atoms with E-state index in [0.717, 1.165) is 6.20 Å². The predicted octanol–water partition coefficient (Wildman–Crippen LogP) is 1.47. The molecule has 5 nitrogen and oxygen atoms in total. The summed E-state index contributed by atoms with van der Waals surface area (Å²) in [5, 5.41) is 9.10. The van der Waals surface area contributed by atoms with Crippen LogP contribution in [0.2, 0.25) is 5.15 Å². The maximum absolute atomic E-state index is 11.7. The molecule has 0 aliphatic carbocycles. The number of rotatable bonds is 2. The second-order valence-electron chi connectivity index (χ2n) is 3.69. The smallest absolute Gasteiger partial charge is 0.339 e. The molecule has 1 aliphatic heterocycles. The minimum absolute atomic E-state index is 0.0369. The quantitative estimate of drug-likeness (QED) is 0.632. The molecule has 1 fully saturated rings. The van der Waals surface area contributed by atoms with Gasteiger partial charge in [-0.25, -0.2) is 9.78 Å². The second kappa shape index (κ2) is 4.54. The van der Waals surface area contributed by atoms with Gasteiger partial charge in [0.25, 0.3) is 0 Å². The molecule has 7 heteroatoms. The van der Waals surface area contributed by atoms with E-state index in [1.54, 1.807) is 0 Å². The maximum atomic E-state index is 11.7. The molecule has 0 saturated carbocycles. The maximum Gasteiger partial charge on any atom is 0.339 e. The Hall–Kier alpha value is -1.27. The van der Waals surface area contributed by atoms with Gasteiger partial charge in [0.15, 0.2) is 0 Å². The summed E-state index contributed by atoms with van der Waals surface area (Å²) in [5.41, 5.74) is 0.240. The van der Waals surface area contributed by atoms with Gasteiger partial charge in [-0.15, -0.1) is 0 Å². The fourth-order valence-corrected chi connectivity index (χ4v) is 2.20. The molecule has 2 rings (SSSR count). The number of anilines is 1. The van der Waals surface area contributed by atoms with E-state index in [1.807, 2.05) is 0 Å². The van der Waals surface area contributed by atoms with E-state index < -0.39 is 5.97 Å². The molecule has 2 heterocycles. The number of amides is 1. The molecular weight excluding hydrogens is 264 g/mol. The number of hydrogen-bond donors (Lipinski definition) is 2. The SMILES string of the molecule is O=C(O)c1cnc(Cl)cc1N1CC(S)CC1=O. The van der Waals surface area contributed by atoms with Gasteiger partial charge < -0.3 is 10.0 Å². The Balaban J connectivity index is 2.46. The third kappa shape index (κ3) is 2.37. The Bertz CT molecular complexity index is 494. The van der Waals surface area contributed by atoms with Crippen molar-refractivity contribution in [1.82, 2.24) is 4.98 Å². The van der Waals surface area contributed by atoms with Crippen LogP contribution >= 0.6 is 24.2 Å². The van der Waals surface area contributed by atoms with Crippen molar-refractivity contribution in [1.29, 1.82) is 0 Å². The highest BCUT2D eigenvalue weighted by Gasteiger charge is 2.31. The molecule has 1 aliphatic rings. The zero-order valence-corrected chi connectivity index (χ0v) is 10.3. The highest BCUT2D eigenvalue weighted by molar-refractivity contribution is 7.81. The number of carbonyl (C=O) groups is 2. The van der Waals surface area contributed by atoms with Crippen LogP contribution in [0.25, 0.3) is 0 Å². The second-order valence-corrected chi connectivity index (χ2v) is 4.81. The van der Waals surface area contributed by atoms with Crippen LogP contribution in [0.5, 0.6) is 0 Å². The van der Waals surface area contributed by atoms with Crippen molar-refractivity contribution in [3.63, 3.8) is 0 Å². The first-order chi connectivity index (χ1) is 7.99. The first kappa shape index (κ1) is 12.2. The summed E-state index contributed by atoms with van der Waals surface area (Å²) < 4.78 is 0. The lowest BCUT2D eigenvalue weighted by Gasteiger charge is -2.18. The molecule has 90 valence electrons. The number of carboxylic acid groups (broad SMARTS) is 1. The molecule has 1 unspecified atom stereocenters. The van der Waals surface area contributed by atoms with Gasteiger partial charge in [-0.3, -0.25) is 4.79 Å². The van der Waals surface area contributed by atoms with E-state index in [2.05, 4.69) is 17.6 Å². The Morgan fingerprint density at radius 3 is 2.88 bits per heavy atom. The molecule has 1 saturated heterocycles. The summed E-state index contributed by atoms with van der Waals surface area (Å²) in [6.45, 7) is 0.378. The number of nitrogens with zero attached hydrogens (tertiary/aromatic N) is 2. The van der Waals surface area contributed by atoms with Gasteiger partial charge in [0, 0.05) is 30.5 Å². The van der Waals surface area contributed by atoms with Crippen LogP contribution in [0, 0.1) is 0 Å². The van der Waals surface area contributed by atoms with Crippen molar-refractivity contribution >= 4 is 41.8 Å². The number of thiol groups is 1. The van der Waals surface area contributed by atoms with Crippen LogP contribution in [0.1, 0.15) is 16.8 Å². The summed E-state index contributed by atoms with van der Waals surface area (Å²) in [6, 6.07) is 1.38. The van der Waals surface area contributed by atoms with Crippen molar-refractivity contribution < 1.29 is 14.7 Å². The molecule has 1 amide bonds. The fourth-order valence-electron chi connectivity index (χ4n) is 1.73. The standard InChI is InChI=1S/C10H9ClN2O3S/c11-8-2-7(6(3-12-8)10(15)16)13-4-5(17)1-9(13)14/h2-3,5,17H,1,4H2,(H,15,16). The van der Waals surface area contributed by atoms with Crippen LogP contribution in [0.15, 0.2) is 12.3 Å². The summed E-state index contributed by atoms with van der Waals surface area (Å²) >= 11 is 9.94. The number of carbonyl (C=O) groups excluding carboxylic acids is 1. The lowest BCUT2D eigenvalue weighted by Crippen LogP contribution is -2.26. The largest absolute Gasteiger partial charge is 0.478 e. The summed E-state index contributed by atoms with van der Waals surface area (Å²) in [7, 11) is 0. The van der Waals surface area contributed by atoms with Crippen molar-refractivity contribution in [2.75, 3.05) is 11.4 Å². The third-order valence-corrected chi connectivity index (χ3v) is 3.03. The zero-order valence-electron chi connectivity index (χ0n) is 8.63. The number of halogens is 1. The highest BCUT2D eigenvalue weighted by Crippen LogP contribution is 2.28. The lowest BCUT2D eigenvalue weighted by atomic mass is 10.2. The average Bonchev–Trinajstić information content (AvgIpc) is 2.57. The van der Waals surface area contributed by atoms with Gasteiger partial charge in [-0.1, -0.05) is 11.6 Å². The predicted molar refractivity (Wildman–Crippen MR) is 66.0 cm³/mol. The Morgan fingerprint density at radius 2 is 2.35 bits per heavy atom. The Labute approximate surface area is 108 Å². The lowest BCUT2D eigenvalue weighted by molar-refractivity contribution is -0.117.